The van der Waals surface area contributed by atoms with Crippen LogP contribution in [-0.2, 0) is 0 Å². The number of nitrogens with one attached hydrogen (secondary N) is 2. The first-order chi connectivity index (χ1) is 12.4. The molecule has 1 aromatic heterocycles. The van der Waals surface area contributed by atoms with E-state index in [0.29, 0.717) is 25.0 Å². The Kier molecular flexibility index (Phi) is 4.13. The number of fused-ring (bicyclic) bond motifs is 3. The number of carbonyl (C=O) groups is 1. The molecule has 1 heterocycles. The summed E-state index contributed by atoms with van der Waals surface area (Å²) in [5.74, 6) is -1.95. The maximum Gasteiger partial charge on any atom is 0.393 e. The van der Waals surface area contributed by atoms with E-state index in [0.717, 1.165) is 21.7 Å². The lowest BCUT2D eigenvalue weighted by Crippen LogP contribution is -2.47. The first-order valence-electron chi connectivity index (χ1n) is 8.81. The van der Waals surface area contributed by atoms with Crippen molar-refractivity contribution in [2.75, 3.05) is 0 Å². The molecule has 1 saturated carbocycles. The van der Waals surface area contributed by atoms with Crippen LogP contribution < -0.4 is 5.32 Å². The summed E-state index contributed by atoms with van der Waals surface area (Å²) in [6, 6.07) is 12.5. The highest BCUT2D eigenvalue weighted by Crippen LogP contribution is 2.38. The van der Waals surface area contributed by atoms with E-state index in [-0.39, 0.29) is 6.42 Å². The van der Waals surface area contributed by atoms with Gasteiger partial charge in [0.05, 0.1) is 5.92 Å². The molecule has 0 bridgehead atoms. The molecule has 1 aliphatic rings. The van der Waals surface area contributed by atoms with Crippen LogP contribution in [0.25, 0.3) is 21.7 Å². The third-order valence-electron chi connectivity index (χ3n) is 5.28. The van der Waals surface area contributed by atoms with Gasteiger partial charge in [0, 0.05) is 16.9 Å². The minimum absolute atomic E-state index is 0.0752. The molecule has 26 heavy (non-hydrogen) atoms. The van der Waals surface area contributed by atoms with E-state index in [1.807, 2.05) is 36.4 Å². The Morgan fingerprint density at radius 1 is 1.04 bits per heavy atom. The zero-order chi connectivity index (χ0) is 18.3. The van der Waals surface area contributed by atoms with Crippen LogP contribution in [0.1, 0.15) is 36.2 Å². The molecule has 0 radical (unpaired) electrons. The molecule has 4 rings (SSSR count). The molecule has 2 aromatic carbocycles. The van der Waals surface area contributed by atoms with Crippen LogP contribution in [0.3, 0.4) is 0 Å². The average molecular weight is 360 g/mol. The summed E-state index contributed by atoms with van der Waals surface area (Å²) in [7, 11) is 0. The van der Waals surface area contributed by atoms with E-state index >= 15 is 0 Å². The normalized spacial score (nSPS) is 21.2. The molecule has 136 valence electrons. The monoisotopic (exact) mass is 360 g/mol. The van der Waals surface area contributed by atoms with Gasteiger partial charge < -0.3 is 10.3 Å². The lowest BCUT2D eigenvalue weighted by Gasteiger charge is -2.33. The van der Waals surface area contributed by atoms with Crippen LogP contribution in [0.2, 0.25) is 0 Å². The van der Waals surface area contributed by atoms with E-state index in [1.165, 1.54) is 0 Å². The Morgan fingerprint density at radius 3 is 2.62 bits per heavy atom. The molecule has 0 saturated heterocycles. The average Bonchev–Trinajstić information content (AvgIpc) is 3.06. The topological polar surface area (TPSA) is 44.9 Å². The largest absolute Gasteiger partial charge is 0.393 e. The zero-order valence-electron chi connectivity index (χ0n) is 14.1. The van der Waals surface area contributed by atoms with Crippen molar-refractivity contribution in [1.29, 1.82) is 0 Å². The quantitative estimate of drug-likeness (QED) is 0.650. The van der Waals surface area contributed by atoms with Gasteiger partial charge in [0.1, 0.15) is 5.69 Å². The van der Waals surface area contributed by atoms with E-state index in [4.69, 9.17) is 0 Å². The zero-order valence-corrected chi connectivity index (χ0v) is 14.1. The highest BCUT2D eigenvalue weighted by Gasteiger charge is 2.46. The van der Waals surface area contributed by atoms with Crippen LogP contribution in [0.15, 0.2) is 42.5 Å². The predicted molar refractivity (Wildman–Crippen MR) is 95.1 cm³/mol. The standard InChI is InChI=1S/C20H19F3N2O/c21-20(22,23)15-7-3-4-8-17(15)25-19(26)18-11-14-13-6-2-1-5-12(13)9-10-16(14)24-18/h1-2,5-6,9-11,15,17,24H,3-4,7-8H2,(H,25,26)/t15-,17+/m1/s1. The van der Waals surface area contributed by atoms with Crippen LogP contribution in [0, 0.1) is 5.92 Å². The molecule has 0 unspecified atom stereocenters. The smallest absolute Gasteiger partial charge is 0.351 e. The number of rotatable bonds is 2. The first kappa shape index (κ1) is 16.9. The second kappa shape index (κ2) is 6.34. The van der Waals surface area contributed by atoms with Crippen molar-refractivity contribution in [2.24, 2.45) is 5.92 Å². The summed E-state index contributed by atoms with van der Waals surface area (Å²) in [5.41, 5.74) is 1.09. The molecule has 3 nitrogen and oxygen atoms in total. The van der Waals surface area contributed by atoms with Gasteiger partial charge in [0.2, 0.25) is 0 Å². The molecule has 0 spiro atoms. The van der Waals surface area contributed by atoms with Gasteiger partial charge in [-0.2, -0.15) is 13.2 Å². The summed E-state index contributed by atoms with van der Waals surface area (Å²) < 4.78 is 39.7. The van der Waals surface area contributed by atoms with Gasteiger partial charge in [-0.1, -0.05) is 43.2 Å². The number of benzene rings is 2. The summed E-state index contributed by atoms with van der Waals surface area (Å²) in [5, 5.41) is 5.56. The Morgan fingerprint density at radius 2 is 1.81 bits per heavy atom. The Labute approximate surface area is 148 Å². The van der Waals surface area contributed by atoms with Crippen molar-refractivity contribution in [3.63, 3.8) is 0 Å². The van der Waals surface area contributed by atoms with E-state index in [1.54, 1.807) is 6.07 Å². The van der Waals surface area contributed by atoms with Crippen LogP contribution in [0.5, 0.6) is 0 Å². The van der Waals surface area contributed by atoms with Crippen molar-refractivity contribution in [1.82, 2.24) is 10.3 Å². The van der Waals surface area contributed by atoms with Gasteiger partial charge in [-0.05, 0) is 35.7 Å². The van der Waals surface area contributed by atoms with Gasteiger partial charge in [0.25, 0.3) is 5.91 Å². The lowest BCUT2D eigenvalue weighted by atomic mass is 9.84. The molecule has 2 N–H and O–H groups in total. The number of halogens is 3. The minimum atomic E-state index is -4.28. The Hall–Kier alpha value is -2.50. The van der Waals surface area contributed by atoms with Crippen molar-refractivity contribution < 1.29 is 18.0 Å². The fourth-order valence-corrected chi connectivity index (χ4v) is 3.95. The summed E-state index contributed by atoms with van der Waals surface area (Å²) >= 11 is 0. The van der Waals surface area contributed by atoms with Gasteiger partial charge in [-0.15, -0.1) is 0 Å². The molecule has 2 atom stereocenters. The molecule has 1 aliphatic carbocycles. The number of hydrogen-bond acceptors (Lipinski definition) is 1. The second-order valence-electron chi connectivity index (χ2n) is 6.94. The molecular formula is C20H19F3N2O. The summed E-state index contributed by atoms with van der Waals surface area (Å²) in [4.78, 5) is 15.6. The minimum Gasteiger partial charge on any atom is -0.351 e. The molecule has 1 amide bonds. The number of aromatic nitrogens is 1. The maximum absolute atomic E-state index is 13.2. The third kappa shape index (κ3) is 3.04. The highest BCUT2D eigenvalue weighted by molar-refractivity contribution is 6.09. The molecular weight excluding hydrogens is 341 g/mol. The van der Waals surface area contributed by atoms with Gasteiger partial charge in [0.15, 0.2) is 0 Å². The highest BCUT2D eigenvalue weighted by atomic mass is 19.4. The SMILES string of the molecule is O=C(N[C@H]1CCCC[C@H]1C(F)(F)F)c1cc2c(ccc3ccccc32)[nH]1. The predicted octanol–water partition coefficient (Wildman–Crippen LogP) is 5.17. The lowest BCUT2D eigenvalue weighted by molar-refractivity contribution is -0.187. The maximum atomic E-state index is 13.2. The van der Waals surface area contributed by atoms with E-state index in [2.05, 4.69) is 10.3 Å². The number of hydrogen-bond donors (Lipinski definition) is 2. The number of amides is 1. The van der Waals surface area contributed by atoms with Crippen LogP contribution >= 0.6 is 0 Å². The number of carbonyl (C=O) groups excluding carboxylic acids is 1. The summed E-state index contributed by atoms with van der Waals surface area (Å²) in [6.07, 6.45) is -2.59. The first-order valence-corrected chi connectivity index (χ1v) is 8.81. The fraction of sp³-hybridized carbons (Fsp3) is 0.350. The van der Waals surface area contributed by atoms with Gasteiger partial charge in [-0.25, -0.2) is 0 Å². The number of aromatic amines is 1. The number of alkyl halides is 3. The van der Waals surface area contributed by atoms with Gasteiger partial charge >= 0.3 is 6.18 Å². The molecule has 6 heteroatoms. The van der Waals surface area contributed by atoms with Crippen LogP contribution in [0.4, 0.5) is 13.2 Å². The van der Waals surface area contributed by atoms with Crippen LogP contribution in [-0.4, -0.2) is 23.1 Å². The summed E-state index contributed by atoms with van der Waals surface area (Å²) in [6.45, 7) is 0. The van der Waals surface area contributed by atoms with Crippen molar-refractivity contribution in [3.8, 4) is 0 Å². The third-order valence-corrected chi connectivity index (χ3v) is 5.28. The molecule has 1 fully saturated rings. The van der Waals surface area contributed by atoms with Crippen molar-refractivity contribution in [3.05, 3.63) is 48.2 Å². The second-order valence-corrected chi connectivity index (χ2v) is 6.94. The Balaban J connectivity index is 1.63. The Bertz CT molecular complexity index is 960. The fourth-order valence-electron chi connectivity index (χ4n) is 3.95. The number of H-pyrrole nitrogens is 1. The van der Waals surface area contributed by atoms with E-state index < -0.39 is 24.0 Å². The molecule has 0 aliphatic heterocycles. The van der Waals surface area contributed by atoms with Crippen molar-refractivity contribution in [2.45, 2.75) is 37.9 Å². The van der Waals surface area contributed by atoms with E-state index in [9.17, 15) is 18.0 Å². The molecule has 3 aromatic rings. The van der Waals surface area contributed by atoms with Crippen molar-refractivity contribution >= 4 is 27.6 Å². The van der Waals surface area contributed by atoms with Gasteiger partial charge in [-0.3, -0.25) is 4.79 Å².